The van der Waals surface area contributed by atoms with Crippen molar-refractivity contribution >= 4 is 28.4 Å². The van der Waals surface area contributed by atoms with Gasteiger partial charge in [0.05, 0.1) is 10.9 Å². The van der Waals surface area contributed by atoms with Crippen molar-refractivity contribution in [2.75, 3.05) is 0 Å². The second-order valence-corrected chi connectivity index (χ2v) is 11.2. The molecule has 0 saturated carbocycles. The van der Waals surface area contributed by atoms with E-state index in [0.717, 1.165) is 4.90 Å². The maximum atomic E-state index is 14.9. The second-order valence-electron chi connectivity index (χ2n) is 8.03. The summed E-state index contributed by atoms with van der Waals surface area (Å²) in [4.78, 5) is 17.7. The fraction of sp³-hybridized carbons (Fsp3) is 0. The van der Waals surface area contributed by atoms with Gasteiger partial charge in [0.1, 0.15) is 11.6 Å². The topological polar surface area (TPSA) is 37.3 Å². The zero-order chi connectivity index (χ0) is 24.9. The molecule has 176 valence electrons. The molecule has 2 nitrogen and oxygen atoms in total. The first kappa shape index (κ1) is 23.9. The molecule has 5 aromatic rings. The summed E-state index contributed by atoms with van der Waals surface area (Å²) in [5, 5.41) is 9.42. The van der Waals surface area contributed by atoms with E-state index in [1.165, 1.54) is 56.8 Å². The van der Waals surface area contributed by atoms with Gasteiger partial charge >= 0.3 is 0 Å². The van der Waals surface area contributed by atoms with Crippen LogP contribution in [0.15, 0.2) is 152 Å². The summed E-state index contributed by atoms with van der Waals surface area (Å²) < 4.78 is 14.9. The van der Waals surface area contributed by atoms with E-state index >= 15 is 0 Å². The Labute approximate surface area is 216 Å². The number of rotatable bonds is 7. The van der Waals surface area contributed by atoms with Crippen LogP contribution in [-0.4, -0.2) is 10.9 Å². The zero-order valence-electron chi connectivity index (χ0n) is 19.2. The average molecular weight is 510 g/mol. The monoisotopic (exact) mass is 509 g/mol. The number of hydrogen-bond donors (Lipinski definition) is 1. The van der Waals surface area contributed by atoms with Gasteiger partial charge in [0.2, 0.25) is 0 Å². The Morgan fingerprint density at radius 3 is 1.72 bits per heavy atom. The number of phenolic OH excluding ortho intramolecular Hbond substituents is 1. The van der Waals surface area contributed by atoms with E-state index in [1.807, 2.05) is 24.3 Å². The Balaban J connectivity index is 1.36. The van der Waals surface area contributed by atoms with Gasteiger partial charge in [0, 0.05) is 20.9 Å². The lowest BCUT2D eigenvalue weighted by Gasteiger charge is -2.09. The molecule has 36 heavy (non-hydrogen) atoms. The summed E-state index contributed by atoms with van der Waals surface area (Å²) in [7, 11) is -0.238. The zero-order valence-corrected chi connectivity index (χ0v) is 20.8. The number of carbonyl (C=O) groups excluding carboxylic acids is 1. The Morgan fingerprint density at radius 1 is 0.639 bits per heavy atom. The minimum Gasteiger partial charge on any atom is -0.508 e. The Bertz CT molecular complexity index is 1430. The summed E-state index contributed by atoms with van der Waals surface area (Å²) in [5.41, 5.74) is 0.670. The molecule has 0 spiro atoms. The van der Waals surface area contributed by atoms with Gasteiger partial charge in [-0.25, -0.2) is 4.39 Å². The number of benzene rings is 5. The molecule has 0 radical (unpaired) electrons. The SMILES string of the molecule is O=C(c1ccc(O)cc1)c1ccc(Sc2ccc([S+](c3ccccc3)c3ccccc3)cc2)c(F)c1. The average Bonchev–Trinajstić information content (AvgIpc) is 2.92. The van der Waals surface area contributed by atoms with E-state index in [1.54, 1.807) is 12.1 Å². The maximum absolute atomic E-state index is 14.9. The van der Waals surface area contributed by atoms with Crippen LogP contribution in [0.4, 0.5) is 4.39 Å². The lowest BCUT2D eigenvalue weighted by molar-refractivity contribution is 0.103. The first-order chi connectivity index (χ1) is 17.6. The fourth-order valence-electron chi connectivity index (χ4n) is 3.80. The van der Waals surface area contributed by atoms with Gasteiger partial charge in [-0.1, -0.05) is 48.2 Å². The highest BCUT2D eigenvalue weighted by Crippen LogP contribution is 2.35. The highest BCUT2D eigenvalue weighted by Gasteiger charge is 2.28. The minimum absolute atomic E-state index is 0.0786. The molecule has 0 unspecified atom stereocenters. The van der Waals surface area contributed by atoms with Crippen LogP contribution >= 0.6 is 11.8 Å². The van der Waals surface area contributed by atoms with Gasteiger partial charge in [-0.15, -0.1) is 0 Å². The van der Waals surface area contributed by atoms with Crippen LogP contribution < -0.4 is 0 Å². The summed E-state index contributed by atoms with van der Waals surface area (Å²) in [6.07, 6.45) is 0. The number of carbonyl (C=O) groups is 1. The molecule has 0 aliphatic carbocycles. The fourth-order valence-corrected chi connectivity index (χ4v) is 6.70. The van der Waals surface area contributed by atoms with Crippen molar-refractivity contribution in [3.8, 4) is 5.75 Å². The molecule has 1 N–H and O–H groups in total. The number of halogens is 1. The molecule has 0 aromatic heterocycles. The summed E-state index contributed by atoms with van der Waals surface area (Å²) in [6.45, 7) is 0. The van der Waals surface area contributed by atoms with Gasteiger partial charge in [-0.3, -0.25) is 4.79 Å². The molecule has 0 saturated heterocycles. The van der Waals surface area contributed by atoms with Crippen LogP contribution in [-0.2, 0) is 10.9 Å². The molecule has 0 heterocycles. The van der Waals surface area contributed by atoms with Crippen molar-refractivity contribution in [2.24, 2.45) is 0 Å². The highest BCUT2D eigenvalue weighted by atomic mass is 32.2. The predicted octanol–water partition coefficient (Wildman–Crippen LogP) is 8.01. The van der Waals surface area contributed by atoms with Crippen molar-refractivity contribution in [1.29, 1.82) is 0 Å². The van der Waals surface area contributed by atoms with Gasteiger partial charge in [0.25, 0.3) is 0 Å². The van der Waals surface area contributed by atoms with Gasteiger partial charge < -0.3 is 5.11 Å². The van der Waals surface area contributed by atoms with Gasteiger partial charge in [-0.2, -0.15) is 0 Å². The van der Waals surface area contributed by atoms with E-state index in [0.29, 0.717) is 10.5 Å². The third-order valence-corrected chi connectivity index (χ3v) is 8.86. The molecule has 0 aliphatic rings. The largest absolute Gasteiger partial charge is 0.508 e. The Kier molecular flexibility index (Phi) is 7.21. The Hall–Kier alpha value is -3.80. The lowest BCUT2D eigenvalue weighted by Crippen LogP contribution is -2.04. The first-order valence-electron chi connectivity index (χ1n) is 11.3. The Morgan fingerprint density at radius 2 is 1.17 bits per heavy atom. The third kappa shape index (κ3) is 5.38. The molecular weight excluding hydrogens is 487 g/mol. The smallest absolute Gasteiger partial charge is 0.193 e. The highest BCUT2D eigenvalue weighted by molar-refractivity contribution is 7.99. The maximum Gasteiger partial charge on any atom is 0.193 e. The van der Waals surface area contributed by atoms with Crippen LogP contribution in [0.25, 0.3) is 0 Å². The van der Waals surface area contributed by atoms with Crippen molar-refractivity contribution in [3.05, 3.63) is 144 Å². The predicted molar refractivity (Wildman–Crippen MR) is 144 cm³/mol. The van der Waals surface area contributed by atoms with Crippen LogP contribution in [0.3, 0.4) is 0 Å². The lowest BCUT2D eigenvalue weighted by atomic mass is 10.0. The molecule has 5 rings (SSSR count). The second kappa shape index (κ2) is 10.9. The van der Waals surface area contributed by atoms with E-state index < -0.39 is 5.82 Å². The minimum atomic E-state index is -0.443. The number of aromatic hydroxyl groups is 1. The van der Waals surface area contributed by atoms with Gasteiger partial charge in [-0.05, 0) is 91.0 Å². The molecule has 0 aliphatic heterocycles. The molecule has 5 heteroatoms. The summed E-state index contributed by atoms with van der Waals surface area (Å²) >= 11 is 1.33. The number of phenols is 1. The van der Waals surface area contributed by atoms with Gasteiger partial charge in [0.15, 0.2) is 20.5 Å². The number of ketones is 1. The number of hydrogen-bond acceptors (Lipinski definition) is 3. The molecule has 0 atom stereocenters. The third-order valence-electron chi connectivity index (χ3n) is 5.57. The van der Waals surface area contributed by atoms with Crippen molar-refractivity contribution in [2.45, 2.75) is 24.5 Å². The standard InChI is InChI=1S/C31H21FO2S2/c32-29-21-23(31(34)22-11-14-24(33)15-12-22)13-20-30(29)35-25-16-18-28(19-17-25)36(26-7-3-1-4-8-26)27-9-5-2-6-10-27/h1-21H/p+1. The molecule has 5 aromatic carbocycles. The van der Waals surface area contributed by atoms with E-state index in [9.17, 15) is 14.3 Å². The first-order valence-corrected chi connectivity index (χ1v) is 13.4. The van der Waals surface area contributed by atoms with E-state index in [2.05, 4.69) is 60.7 Å². The quantitative estimate of drug-likeness (QED) is 0.178. The molecule has 0 bridgehead atoms. The van der Waals surface area contributed by atoms with Crippen molar-refractivity contribution in [3.63, 3.8) is 0 Å². The van der Waals surface area contributed by atoms with Crippen LogP contribution in [0.5, 0.6) is 5.75 Å². The summed E-state index contributed by atoms with van der Waals surface area (Å²) in [6, 6.07) is 39.6. The normalized spacial score (nSPS) is 10.9. The van der Waals surface area contributed by atoms with Crippen LogP contribution in [0.1, 0.15) is 15.9 Å². The van der Waals surface area contributed by atoms with E-state index in [-0.39, 0.29) is 28.0 Å². The molecule has 0 fully saturated rings. The molecule has 0 amide bonds. The van der Waals surface area contributed by atoms with Crippen LogP contribution in [0, 0.1) is 5.82 Å². The molecular formula is C31H22FO2S2+. The van der Waals surface area contributed by atoms with Crippen LogP contribution in [0.2, 0.25) is 0 Å². The van der Waals surface area contributed by atoms with E-state index in [4.69, 9.17) is 0 Å². The van der Waals surface area contributed by atoms with Crippen molar-refractivity contribution in [1.82, 2.24) is 0 Å². The summed E-state index contributed by atoms with van der Waals surface area (Å²) in [5.74, 6) is -0.652. The van der Waals surface area contributed by atoms with Crippen molar-refractivity contribution < 1.29 is 14.3 Å².